The average Bonchev–Trinajstić information content (AvgIpc) is 3.07. The van der Waals surface area contributed by atoms with Crippen molar-refractivity contribution in [2.75, 3.05) is 32.8 Å². The zero-order valence-electron chi connectivity index (χ0n) is 12.8. The minimum absolute atomic E-state index is 0.0182. The van der Waals surface area contributed by atoms with E-state index < -0.39 is 0 Å². The van der Waals surface area contributed by atoms with Gasteiger partial charge in [0.05, 0.1) is 0 Å². The molecule has 22 heavy (non-hydrogen) atoms. The van der Waals surface area contributed by atoms with Crippen LogP contribution in [0.25, 0.3) is 0 Å². The predicted octanol–water partition coefficient (Wildman–Crippen LogP) is 2.29. The van der Waals surface area contributed by atoms with Gasteiger partial charge in [-0.2, -0.15) is 0 Å². The number of amides is 1. The second-order valence-corrected chi connectivity index (χ2v) is 6.10. The number of piperazine rings is 1. The Morgan fingerprint density at radius 2 is 1.91 bits per heavy atom. The molecule has 3 rings (SSSR count). The first-order chi connectivity index (χ1) is 10.7. The summed E-state index contributed by atoms with van der Waals surface area (Å²) in [6.45, 7) is 3.42. The van der Waals surface area contributed by atoms with Crippen LogP contribution in [0.4, 0.5) is 4.39 Å². The molecule has 1 saturated carbocycles. The lowest BCUT2D eigenvalue weighted by Crippen LogP contribution is -2.52. The molecule has 120 valence electrons. The third-order valence-corrected chi connectivity index (χ3v) is 4.67. The Balaban J connectivity index is 1.43. The highest BCUT2D eigenvalue weighted by molar-refractivity contribution is 5.77. The highest BCUT2D eigenvalue weighted by Gasteiger charge is 2.27. The molecule has 0 aromatic heterocycles. The van der Waals surface area contributed by atoms with Crippen molar-refractivity contribution in [3.63, 3.8) is 0 Å². The van der Waals surface area contributed by atoms with E-state index in [9.17, 15) is 9.18 Å². The van der Waals surface area contributed by atoms with E-state index in [1.54, 1.807) is 12.1 Å². The van der Waals surface area contributed by atoms with Crippen LogP contribution in [0.3, 0.4) is 0 Å². The number of hydrogen-bond acceptors (Lipinski definition) is 3. The molecule has 5 heteroatoms. The van der Waals surface area contributed by atoms with E-state index in [2.05, 4.69) is 4.90 Å². The maximum atomic E-state index is 13.1. The maximum absolute atomic E-state index is 13.1. The van der Waals surface area contributed by atoms with E-state index in [0.717, 1.165) is 32.2 Å². The highest BCUT2D eigenvalue weighted by atomic mass is 19.1. The first-order valence-corrected chi connectivity index (χ1v) is 8.12. The molecule has 0 unspecified atom stereocenters. The number of carbonyl (C=O) groups excluding carboxylic acids is 1. The van der Waals surface area contributed by atoms with Crippen LogP contribution in [0.2, 0.25) is 0 Å². The molecular weight excluding hydrogens is 283 g/mol. The van der Waals surface area contributed by atoms with Crippen LogP contribution in [-0.4, -0.2) is 54.5 Å². The summed E-state index contributed by atoms with van der Waals surface area (Å²) in [5.41, 5.74) is 0. The minimum Gasteiger partial charge on any atom is -0.484 e. The van der Waals surface area contributed by atoms with Crippen LogP contribution in [-0.2, 0) is 4.79 Å². The van der Waals surface area contributed by atoms with Gasteiger partial charge in [-0.05, 0) is 25.0 Å². The molecule has 0 bridgehead atoms. The van der Waals surface area contributed by atoms with Crippen molar-refractivity contribution in [2.45, 2.75) is 31.7 Å². The van der Waals surface area contributed by atoms with Gasteiger partial charge in [0.1, 0.15) is 11.6 Å². The summed E-state index contributed by atoms with van der Waals surface area (Å²) >= 11 is 0. The van der Waals surface area contributed by atoms with Crippen molar-refractivity contribution < 1.29 is 13.9 Å². The molecule has 2 fully saturated rings. The average molecular weight is 306 g/mol. The lowest BCUT2D eigenvalue weighted by atomic mass is 10.2. The molecule has 0 radical (unpaired) electrons. The second-order valence-electron chi connectivity index (χ2n) is 6.10. The number of carbonyl (C=O) groups is 1. The van der Waals surface area contributed by atoms with E-state index in [4.69, 9.17) is 4.74 Å². The second kappa shape index (κ2) is 7.09. The van der Waals surface area contributed by atoms with Crippen molar-refractivity contribution in [1.29, 1.82) is 0 Å². The Labute approximate surface area is 130 Å². The fraction of sp³-hybridized carbons (Fsp3) is 0.588. The Morgan fingerprint density at radius 3 is 2.59 bits per heavy atom. The molecule has 4 nitrogen and oxygen atoms in total. The molecule has 1 heterocycles. The van der Waals surface area contributed by atoms with E-state index in [-0.39, 0.29) is 18.3 Å². The van der Waals surface area contributed by atoms with E-state index in [1.807, 2.05) is 4.90 Å². The third-order valence-electron chi connectivity index (χ3n) is 4.67. The first kappa shape index (κ1) is 15.3. The number of benzene rings is 1. The molecule has 1 aliphatic carbocycles. The highest BCUT2D eigenvalue weighted by Crippen LogP contribution is 2.24. The lowest BCUT2D eigenvalue weighted by Gasteiger charge is -2.38. The molecule has 1 amide bonds. The van der Waals surface area contributed by atoms with Crippen LogP contribution >= 0.6 is 0 Å². The summed E-state index contributed by atoms with van der Waals surface area (Å²) in [5, 5.41) is 0. The monoisotopic (exact) mass is 306 g/mol. The summed E-state index contributed by atoms with van der Waals surface area (Å²) in [6.07, 6.45) is 5.28. The summed E-state index contributed by atoms with van der Waals surface area (Å²) < 4.78 is 18.4. The van der Waals surface area contributed by atoms with Gasteiger partial charge in [0, 0.05) is 38.3 Å². The topological polar surface area (TPSA) is 32.8 Å². The van der Waals surface area contributed by atoms with Crippen LogP contribution in [0, 0.1) is 5.82 Å². The number of hydrogen-bond donors (Lipinski definition) is 0. The van der Waals surface area contributed by atoms with E-state index in [1.165, 1.54) is 37.8 Å². The summed E-state index contributed by atoms with van der Waals surface area (Å²) in [6, 6.07) is 6.62. The van der Waals surface area contributed by atoms with Crippen LogP contribution in [0.1, 0.15) is 25.7 Å². The van der Waals surface area contributed by atoms with E-state index in [0.29, 0.717) is 5.75 Å². The zero-order chi connectivity index (χ0) is 15.4. The van der Waals surface area contributed by atoms with Gasteiger partial charge in [0.25, 0.3) is 5.91 Å². The van der Waals surface area contributed by atoms with Gasteiger partial charge in [-0.25, -0.2) is 4.39 Å². The van der Waals surface area contributed by atoms with Gasteiger partial charge < -0.3 is 9.64 Å². The Bertz CT molecular complexity index is 509. The smallest absolute Gasteiger partial charge is 0.260 e. The largest absolute Gasteiger partial charge is 0.484 e. The quantitative estimate of drug-likeness (QED) is 0.855. The summed E-state index contributed by atoms with van der Waals surface area (Å²) in [4.78, 5) is 16.5. The zero-order valence-corrected chi connectivity index (χ0v) is 12.8. The van der Waals surface area contributed by atoms with Gasteiger partial charge >= 0.3 is 0 Å². The van der Waals surface area contributed by atoms with Gasteiger partial charge in [-0.3, -0.25) is 9.69 Å². The minimum atomic E-state index is -0.352. The van der Waals surface area contributed by atoms with Crippen molar-refractivity contribution in [3.05, 3.63) is 30.1 Å². The Morgan fingerprint density at radius 1 is 1.18 bits per heavy atom. The van der Waals surface area contributed by atoms with Crippen molar-refractivity contribution in [3.8, 4) is 5.75 Å². The maximum Gasteiger partial charge on any atom is 0.260 e. The van der Waals surface area contributed by atoms with Crippen LogP contribution in [0.15, 0.2) is 24.3 Å². The molecule has 0 N–H and O–H groups in total. The van der Waals surface area contributed by atoms with Crippen molar-refractivity contribution >= 4 is 5.91 Å². The molecule has 1 aliphatic heterocycles. The van der Waals surface area contributed by atoms with Crippen LogP contribution in [0.5, 0.6) is 5.75 Å². The molecule has 1 aromatic carbocycles. The van der Waals surface area contributed by atoms with Crippen molar-refractivity contribution in [1.82, 2.24) is 9.80 Å². The van der Waals surface area contributed by atoms with E-state index >= 15 is 0 Å². The predicted molar refractivity (Wildman–Crippen MR) is 82.3 cm³/mol. The third kappa shape index (κ3) is 3.77. The summed E-state index contributed by atoms with van der Waals surface area (Å²) in [5.74, 6) is 0.0309. The fourth-order valence-corrected chi connectivity index (χ4v) is 3.40. The molecule has 1 saturated heterocycles. The molecule has 2 aliphatic rings. The lowest BCUT2D eigenvalue weighted by molar-refractivity contribution is -0.135. The van der Waals surface area contributed by atoms with Gasteiger partial charge in [-0.15, -0.1) is 0 Å². The van der Waals surface area contributed by atoms with Gasteiger partial charge in [0.15, 0.2) is 6.61 Å². The number of nitrogens with zero attached hydrogens (tertiary/aromatic N) is 2. The number of rotatable bonds is 4. The molecule has 0 atom stereocenters. The Kier molecular flexibility index (Phi) is 4.93. The SMILES string of the molecule is O=C(COc1cccc(F)c1)N1CCN(C2CCCC2)CC1. The Hall–Kier alpha value is -1.62. The first-order valence-electron chi connectivity index (χ1n) is 8.12. The van der Waals surface area contributed by atoms with Gasteiger partial charge in [-0.1, -0.05) is 18.9 Å². The van der Waals surface area contributed by atoms with Crippen molar-refractivity contribution in [2.24, 2.45) is 0 Å². The van der Waals surface area contributed by atoms with Crippen LogP contribution < -0.4 is 4.74 Å². The number of halogens is 1. The molecule has 0 spiro atoms. The number of ether oxygens (including phenoxy) is 1. The molecule has 1 aromatic rings. The standard InChI is InChI=1S/C17H23FN2O2/c18-14-4-3-7-16(12-14)22-13-17(21)20-10-8-19(9-11-20)15-5-1-2-6-15/h3-4,7,12,15H,1-2,5-6,8-11,13H2. The van der Waals surface area contributed by atoms with Gasteiger partial charge in [0.2, 0.25) is 0 Å². The normalized spacial score (nSPS) is 20.3. The molecular formula is C17H23FN2O2. The fourth-order valence-electron chi connectivity index (χ4n) is 3.40. The summed E-state index contributed by atoms with van der Waals surface area (Å²) in [7, 11) is 0.